The molecule has 0 N–H and O–H groups in total. The van der Waals surface area contributed by atoms with E-state index in [0.29, 0.717) is 11.4 Å². The SMILES string of the molecule is CCOC(=O)Cn1c(=NC(=O)Cc2ccc(OC)c(C)c2)sc2cc(C)c(C)cc21. The lowest BCUT2D eigenvalue weighted by atomic mass is 10.1. The Bertz CT molecular complexity index is 1170. The summed E-state index contributed by atoms with van der Waals surface area (Å²) in [6, 6.07) is 9.73. The van der Waals surface area contributed by atoms with Crippen molar-refractivity contribution in [1.82, 2.24) is 4.57 Å². The predicted molar refractivity (Wildman–Crippen MR) is 118 cm³/mol. The lowest BCUT2D eigenvalue weighted by Crippen LogP contribution is -2.23. The summed E-state index contributed by atoms with van der Waals surface area (Å²) in [7, 11) is 1.62. The molecule has 0 bridgehead atoms. The van der Waals surface area contributed by atoms with Crippen LogP contribution in [0.25, 0.3) is 10.2 Å². The number of methoxy groups -OCH3 is 1. The average molecular weight is 427 g/mol. The summed E-state index contributed by atoms with van der Waals surface area (Å²) in [6.45, 7) is 8.10. The summed E-state index contributed by atoms with van der Waals surface area (Å²) in [5.74, 6) is 0.165. The molecule has 1 amide bonds. The van der Waals surface area contributed by atoms with Gasteiger partial charge < -0.3 is 14.0 Å². The Morgan fingerprint density at radius 1 is 1.07 bits per heavy atom. The van der Waals surface area contributed by atoms with Crippen LogP contribution >= 0.6 is 11.3 Å². The second-order valence-corrected chi connectivity index (χ2v) is 8.18. The second-order valence-electron chi connectivity index (χ2n) is 7.17. The molecule has 0 saturated heterocycles. The largest absolute Gasteiger partial charge is 0.496 e. The third-order valence-electron chi connectivity index (χ3n) is 4.93. The number of thiazole rings is 1. The third-order valence-corrected chi connectivity index (χ3v) is 5.97. The Hall–Kier alpha value is -2.93. The monoisotopic (exact) mass is 426 g/mol. The molecule has 30 heavy (non-hydrogen) atoms. The quantitative estimate of drug-likeness (QED) is 0.561. The molecule has 0 atom stereocenters. The highest BCUT2D eigenvalue weighted by Gasteiger charge is 2.14. The van der Waals surface area contributed by atoms with Gasteiger partial charge in [0.1, 0.15) is 12.3 Å². The molecule has 6 nitrogen and oxygen atoms in total. The highest BCUT2D eigenvalue weighted by Crippen LogP contribution is 2.22. The van der Waals surface area contributed by atoms with Crippen molar-refractivity contribution in [1.29, 1.82) is 0 Å². The number of amides is 1. The summed E-state index contributed by atoms with van der Waals surface area (Å²) < 4.78 is 13.1. The molecule has 3 rings (SSSR count). The van der Waals surface area contributed by atoms with Crippen molar-refractivity contribution in [2.24, 2.45) is 4.99 Å². The van der Waals surface area contributed by atoms with E-state index in [2.05, 4.69) is 11.1 Å². The van der Waals surface area contributed by atoms with Crippen molar-refractivity contribution in [3.63, 3.8) is 0 Å². The summed E-state index contributed by atoms with van der Waals surface area (Å²) in [5.41, 5.74) is 4.98. The molecule has 1 aromatic heterocycles. The molecule has 0 saturated carbocycles. The van der Waals surface area contributed by atoms with E-state index in [1.54, 1.807) is 18.6 Å². The Morgan fingerprint density at radius 2 is 1.80 bits per heavy atom. The number of fused-ring (bicyclic) bond motifs is 1. The minimum Gasteiger partial charge on any atom is -0.496 e. The van der Waals surface area contributed by atoms with Crippen LogP contribution in [0.2, 0.25) is 0 Å². The van der Waals surface area contributed by atoms with Crippen molar-refractivity contribution >= 4 is 33.4 Å². The van der Waals surface area contributed by atoms with Crippen LogP contribution in [0.15, 0.2) is 35.3 Å². The number of ether oxygens (including phenoxy) is 2. The number of nitrogens with zero attached hydrogens (tertiary/aromatic N) is 2. The van der Waals surface area contributed by atoms with E-state index in [1.165, 1.54) is 11.3 Å². The summed E-state index contributed by atoms with van der Waals surface area (Å²) in [4.78, 5) is 29.7. The lowest BCUT2D eigenvalue weighted by molar-refractivity contribution is -0.143. The first kappa shape index (κ1) is 21.8. The van der Waals surface area contributed by atoms with E-state index in [4.69, 9.17) is 9.47 Å². The van der Waals surface area contributed by atoms with Gasteiger partial charge in [0.25, 0.3) is 5.91 Å². The molecule has 7 heteroatoms. The van der Waals surface area contributed by atoms with Gasteiger partial charge in [0.15, 0.2) is 4.80 Å². The maximum absolute atomic E-state index is 12.7. The van der Waals surface area contributed by atoms with Crippen molar-refractivity contribution < 1.29 is 19.1 Å². The number of hydrogen-bond donors (Lipinski definition) is 0. The van der Waals surface area contributed by atoms with Crippen molar-refractivity contribution in [2.45, 2.75) is 40.7 Å². The molecular formula is C23H26N2O4S. The summed E-state index contributed by atoms with van der Waals surface area (Å²) in [5, 5.41) is 0. The van der Waals surface area contributed by atoms with Gasteiger partial charge in [-0.05, 0) is 68.1 Å². The molecule has 0 radical (unpaired) electrons. The van der Waals surface area contributed by atoms with Crippen molar-refractivity contribution in [3.8, 4) is 5.75 Å². The Morgan fingerprint density at radius 3 is 2.47 bits per heavy atom. The average Bonchev–Trinajstić information content (AvgIpc) is 2.98. The fourth-order valence-electron chi connectivity index (χ4n) is 3.27. The van der Waals surface area contributed by atoms with Crippen LogP contribution in [0, 0.1) is 20.8 Å². The molecule has 2 aromatic carbocycles. The normalized spacial score (nSPS) is 11.7. The van der Waals surface area contributed by atoms with Crippen LogP contribution in [0.4, 0.5) is 0 Å². The third kappa shape index (κ3) is 4.79. The molecule has 158 valence electrons. The van der Waals surface area contributed by atoms with E-state index in [9.17, 15) is 9.59 Å². The minimum atomic E-state index is -0.352. The second kappa shape index (κ2) is 9.26. The highest BCUT2D eigenvalue weighted by molar-refractivity contribution is 7.16. The molecule has 0 fully saturated rings. The first-order valence-electron chi connectivity index (χ1n) is 9.79. The molecule has 0 spiro atoms. The number of aromatic nitrogens is 1. The molecule has 0 aliphatic carbocycles. The Kier molecular flexibility index (Phi) is 6.72. The van der Waals surface area contributed by atoms with Crippen LogP contribution in [0.5, 0.6) is 5.75 Å². The fourth-order valence-corrected chi connectivity index (χ4v) is 4.39. The Balaban J connectivity index is 2.00. The number of esters is 1. The molecule has 3 aromatic rings. The van der Waals surface area contributed by atoms with Gasteiger partial charge in [0.05, 0.1) is 30.4 Å². The summed E-state index contributed by atoms with van der Waals surface area (Å²) >= 11 is 1.40. The predicted octanol–water partition coefficient (Wildman–Crippen LogP) is 3.87. The van der Waals surface area contributed by atoms with Crippen LogP contribution in [0.3, 0.4) is 0 Å². The van der Waals surface area contributed by atoms with E-state index in [-0.39, 0.29) is 24.8 Å². The van der Waals surface area contributed by atoms with Crippen LogP contribution < -0.4 is 9.54 Å². The first-order chi connectivity index (χ1) is 14.3. The van der Waals surface area contributed by atoms with Gasteiger partial charge in [0, 0.05) is 0 Å². The number of carbonyl (C=O) groups is 2. The number of hydrogen-bond acceptors (Lipinski definition) is 5. The zero-order chi connectivity index (χ0) is 21.8. The maximum Gasteiger partial charge on any atom is 0.326 e. The number of rotatable bonds is 6. The van der Waals surface area contributed by atoms with Crippen LogP contribution in [-0.2, 0) is 27.3 Å². The van der Waals surface area contributed by atoms with Crippen LogP contribution in [-0.4, -0.2) is 30.2 Å². The number of carbonyl (C=O) groups excluding carboxylic acids is 2. The van der Waals surface area contributed by atoms with Gasteiger partial charge in [-0.15, -0.1) is 0 Å². The highest BCUT2D eigenvalue weighted by atomic mass is 32.1. The van der Waals surface area contributed by atoms with E-state index in [1.807, 2.05) is 45.0 Å². The van der Waals surface area contributed by atoms with Crippen molar-refractivity contribution in [3.05, 3.63) is 57.4 Å². The van der Waals surface area contributed by atoms with Crippen molar-refractivity contribution in [2.75, 3.05) is 13.7 Å². The van der Waals surface area contributed by atoms with Gasteiger partial charge in [-0.1, -0.05) is 23.5 Å². The fraction of sp³-hybridized carbons (Fsp3) is 0.348. The molecule has 0 aliphatic rings. The van der Waals surface area contributed by atoms with Gasteiger partial charge in [-0.25, -0.2) is 0 Å². The van der Waals surface area contributed by atoms with Gasteiger partial charge in [-0.2, -0.15) is 4.99 Å². The van der Waals surface area contributed by atoms with E-state index >= 15 is 0 Å². The van der Waals surface area contributed by atoms with E-state index < -0.39 is 0 Å². The van der Waals surface area contributed by atoms with Gasteiger partial charge in [-0.3, -0.25) is 9.59 Å². The first-order valence-corrected chi connectivity index (χ1v) is 10.6. The number of benzene rings is 2. The maximum atomic E-state index is 12.7. The molecule has 0 aliphatic heterocycles. The molecule has 1 heterocycles. The Labute approximate surface area is 179 Å². The standard InChI is InChI=1S/C23H26N2O4S/c1-6-29-22(27)13-25-18-10-14(2)15(3)11-20(18)30-23(25)24-21(26)12-17-7-8-19(28-5)16(4)9-17/h7-11H,6,12-13H2,1-5H3. The molecule has 0 unspecified atom stereocenters. The van der Waals surface area contributed by atoms with E-state index in [0.717, 1.165) is 38.2 Å². The van der Waals surface area contributed by atoms with Gasteiger partial charge in [0.2, 0.25) is 0 Å². The van der Waals surface area contributed by atoms with Gasteiger partial charge >= 0.3 is 5.97 Å². The summed E-state index contributed by atoms with van der Waals surface area (Å²) in [6.07, 6.45) is 0.177. The number of aryl methyl sites for hydroxylation is 3. The zero-order valence-corrected chi connectivity index (χ0v) is 18.8. The zero-order valence-electron chi connectivity index (χ0n) is 17.9. The van der Waals surface area contributed by atoms with Crippen LogP contribution in [0.1, 0.15) is 29.2 Å². The lowest BCUT2D eigenvalue weighted by Gasteiger charge is -2.07. The smallest absolute Gasteiger partial charge is 0.326 e. The minimum absolute atomic E-state index is 0.0180. The molecular weight excluding hydrogens is 400 g/mol. The topological polar surface area (TPSA) is 69.9 Å².